The van der Waals surface area contributed by atoms with E-state index in [2.05, 4.69) is 22.0 Å². The van der Waals surface area contributed by atoms with Crippen LogP contribution in [0.5, 0.6) is 5.75 Å². The molecule has 0 aliphatic heterocycles. The van der Waals surface area contributed by atoms with E-state index in [0.717, 1.165) is 5.56 Å². The molecule has 0 radical (unpaired) electrons. The molecule has 0 saturated heterocycles. The topological polar surface area (TPSA) is 56.8 Å². The molecule has 0 fully saturated rings. The first-order valence-electron chi connectivity index (χ1n) is 5.55. The normalized spacial score (nSPS) is 9.42. The smallest absolute Gasteiger partial charge is 0.156 e. The Labute approximate surface area is 119 Å². The molecule has 0 N–H and O–H groups in total. The minimum atomic E-state index is 0.320. The average Bonchev–Trinajstić information content (AvgIpc) is 2.46. The lowest BCUT2D eigenvalue weighted by atomic mass is 10.1. The zero-order chi connectivity index (χ0) is 13.7. The second kappa shape index (κ2) is 6.04. The Bertz CT molecular complexity index is 669. The summed E-state index contributed by atoms with van der Waals surface area (Å²) >= 11 is 3.28. The number of nitrogens with zero attached hydrogens (tertiary/aromatic N) is 2. The molecular weight excluding hydrogens is 304 g/mol. The van der Waals surface area contributed by atoms with Crippen LogP contribution in [0.25, 0.3) is 0 Å². The quantitative estimate of drug-likeness (QED) is 0.866. The van der Waals surface area contributed by atoms with Crippen molar-refractivity contribution in [3.05, 3.63) is 63.6 Å². The largest absolute Gasteiger partial charge is 0.486 e. The van der Waals surface area contributed by atoms with Gasteiger partial charge in [0.2, 0.25) is 0 Å². The van der Waals surface area contributed by atoms with E-state index >= 15 is 0 Å². The van der Waals surface area contributed by atoms with Crippen LogP contribution in [0.3, 0.4) is 0 Å². The second-order valence-corrected chi connectivity index (χ2v) is 4.65. The Hall–Kier alpha value is -2.30. The summed E-state index contributed by atoms with van der Waals surface area (Å²) in [7, 11) is 0. The maximum Gasteiger partial charge on any atom is 0.156 e. The first-order valence-corrected chi connectivity index (χ1v) is 6.35. The number of halogens is 1. The standard InChI is InChI=1S/C15H9BrN2O/c16-14-7-6-12(8-17)15(13(14)9-18)19-10-11-4-2-1-3-5-11/h1-7H,10H2. The van der Waals surface area contributed by atoms with E-state index in [1.807, 2.05) is 36.4 Å². The fourth-order valence-corrected chi connectivity index (χ4v) is 2.03. The van der Waals surface area contributed by atoms with Crippen molar-refractivity contribution in [2.24, 2.45) is 0 Å². The van der Waals surface area contributed by atoms with Crippen LogP contribution in [0.4, 0.5) is 0 Å². The molecule has 2 aromatic rings. The van der Waals surface area contributed by atoms with Crippen LogP contribution in [0.2, 0.25) is 0 Å². The molecular formula is C15H9BrN2O. The van der Waals surface area contributed by atoms with Crippen molar-refractivity contribution in [1.82, 2.24) is 0 Å². The number of benzene rings is 2. The Morgan fingerprint density at radius 1 is 1.00 bits per heavy atom. The Balaban J connectivity index is 2.32. The van der Waals surface area contributed by atoms with Crippen LogP contribution in [-0.4, -0.2) is 0 Å². The molecule has 4 heteroatoms. The number of rotatable bonds is 3. The summed E-state index contributed by atoms with van der Waals surface area (Å²) < 4.78 is 6.26. The highest BCUT2D eigenvalue weighted by Crippen LogP contribution is 2.30. The van der Waals surface area contributed by atoms with Crippen LogP contribution >= 0.6 is 15.9 Å². The maximum atomic E-state index is 9.15. The molecule has 0 aromatic heterocycles. The average molecular weight is 313 g/mol. The van der Waals surface area contributed by atoms with Gasteiger partial charge in [0.25, 0.3) is 0 Å². The molecule has 3 nitrogen and oxygen atoms in total. The van der Waals surface area contributed by atoms with Gasteiger partial charge in [-0.25, -0.2) is 0 Å². The van der Waals surface area contributed by atoms with Crippen molar-refractivity contribution < 1.29 is 4.74 Å². The van der Waals surface area contributed by atoms with Crippen LogP contribution in [-0.2, 0) is 6.61 Å². The fourth-order valence-electron chi connectivity index (χ4n) is 1.63. The van der Waals surface area contributed by atoms with Gasteiger partial charge in [-0.05, 0) is 33.6 Å². The van der Waals surface area contributed by atoms with Gasteiger partial charge >= 0.3 is 0 Å². The van der Waals surface area contributed by atoms with Crippen molar-refractivity contribution >= 4 is 15.9 Å². The molecule has 2 aromatic carbocycles. The number of ether oxygens (including phenoxy) is 1. The van der Waals surface area contributed by atoms with Gasteiger partial charge in [0.05, 0.1) is 5.56 Å². The SMILES string of the molecule is N#Cc1ccc(Br)c(C#N)c1OCc1ccccc1. The Kier molecular flexibility index (Phi) is 4.18. The first-order chi connectivity index (χ1) is 9.26. The van der Waals surface area contributed by atoms with Crippen LogP contribution in [0, 0.1) is 22.7 Å². The summed E-state index contributed by atoms with van der Waals surface area (Å²) in [5.74, 6) is 0.322. The maximum absolute atomic E-state index is 9.15. The van der Waals surface area contributed by atoms with Gasteiger partial charge in [-0.1, -0.05) is 30.3 Å². The van der Waals surface area contributed by atoms with Crippen molar-refractivity contribution in [2.45, 2.75) is 6.61 Å². The first kappa shape index (κ1) is 13.1. The van der Waals surface area contributed by atoms with Gasteiger partial charge in [0.1, 0.15) is 24.3 Å². The van der Waals surface area contributed by atoms with Crippen molar-refractivity contribution in [1.29, 1.82) is 10.5 Å². The molecule has 0 saturated carbocycles. The molecule has 0 aliphatic rings. The van der Waals surface area contributed by atoms with Gasteiger partial charge in [-0.15, -0.1) is 0 Å². The van der Waals surface area contributed by atoms with Crippen LogP contribution in [0.1, 0.15) is 16.7 Å². The van der Waals surface area contributed by atoms with Crippen molar-refractivity contribution in [3.8, 4) is 17.9 Å². The summed E-state index contributed by atoms with van der Waals surface area (Å²) in [5, 5.41) is 18.2. The van der Waals surface area contributed by atoms with E-state index < -0.39 is 0 Å². The Morgan fingerprint density at radius 3 is 2.37 bits per heavy atom. The summed E-state index contributed by atoms with van der Waals surface area (Å²) in [6.07, 6.45) is 0. The lowest BCUT2D eigenvalue weighted by Crippen LogP contribution is -2.00. The molecule has 0 aliphatic carbocycles. The molecule has 0 atom stereocenters. The third-order valence-corrected chi connectivity index (χ3v) is 3.23. The summed E-state index contributed by atoms with van der Waals surface area (Å²) in [5.41, 5.74) is 1.68. The van der Waals surface area contributed by atoms with Crippen molar-refractivity contribution in [2.75, 3.05) is 0 Å². The lowest BCUT2D eigenvalue weighted by molar-refractivity contribution is 0.304. The predicted molar refractivity (Wildman–Crippen MR) is 74.3 cm³/mol. The van der Waals surface area contributed by atoms with E-state index in [0.29, 0.717) is 28.0 Å². The number of hydrogen-bond donors (Lipinski definition) is 0. The highest BCUT2D eigenvalue weighted by Gasteiger charge is 2.13. The summed E-state index contributed by atoms with van der Waals surface area (Å²) in [6, 6.07) is 17.0. The zero-order valence-corrected chi connectivity index (χ0v) is 11.5. The van der Waals surface area contributed by atoms with Gasteiger partial charge in [0.15, 0.2) is 5.75 Å². The lowest BCUT2D eigenvalue weighted by Gasteiger charge is -2.10. The highest BCUT2D eigenvalue weighted by molar-refractivity contribution is 9.10. The third-order valence-electron chi connectivity index (χ3n) is 2.57. The van der Waals surface area contributed by atoms with Gasteiger partial charge in [-0.2, -0.15) is 10.5 Å². The van der Waals surface area contributed by atoms with E-state index in [1.54, 1.807) is 12.1 Å². The molecule has 0 heterocycles. The Morgan fingerprint density at radius 2 is 1.74 bits per heavy atom. The minimum absolute atomic E-state index is 0.320. The fraction of sp³-hybridized carbons (Fsp3) is 0.0667. The molecule has 0 unspecified atom stereocenters. The molecule has 0 amide bonds. The van der Waals surface area contributed by atoms with E-state index in [-0.39, 0.29) is 0 Å². The molecule has 0 spiro atoms. The third kappa shape index (κ3) is 2.93. The van der Waals surface area contributed by atoms with Crippen LogP contribution < -0.4 is 4.74 Å². The number of hydrogen-bond acceptors (Lipinski definition) is 3. The van der Waals surface area contributed by atoms with Gasteiger partial charge < -0.3 is 4.74 Å². The van der Waals surface area contributed by atoms with Gasteiger partial charge in [0, 0.05) is 4.47 Å². The highest BCUT2D eigenvalue weighted by atomic mass is 79.9. The number of nitriles is 2. The van der Waals surface area contributed by atoms with E-state index in [1.165, 1.54) is 0 Å². The molecule has 19 heavy (non-hydrogen) atoms. The molecule has 0 bridgehead atoms. The summed E-state index contributed by atoms with van der Waals surface area (Å²) in [6.45, 7) is 0.320. The van der Waals surface area contributed by atoms with Gasteiger partial charge in [-0.3, -0.25) is 0 Å². The molecule has 2 rings (SSSR count). The zero-order valence-electron chi connectivity index (χ0n) is 9.93. The van der Waals surface area contributed by atoms with E-state index in [9.17, 15) is 0 Å². The molecule has 92 valence electrons. The van der Waals surface area contributed by atoms with Crippen LogP contribution in [0.15, 0.2) is 46.9 Å². The van der Waals surface area contributed by atoms with Crippen molar-refractivity contribution in [3.63, 3.8) is 0 Å². The minimum Gasteiger partial charge on any atom is -0.486 e. The monoisotopic (exact) mass is 312 g/mol. The summed E-state index contributed by atoms with van der Waals surface area (Å²) in [4.78, 5) is 0. The van der Waals surface area contributed by atoms with E-state index in [4.69, 9.17) is 15.3 Å². The predicted octanol–water partition coefficient (Wildman–Crippen LogP) is 3.77. The second-order valence-electron chi connectivity index (χ2n) is 3.80.